The van der Waals surface area contributed by atoms with Crippen molar-refractivity contribution in [3.05, 3.63) is 99.0 Å². The lowest BCUT2D eigenvalue weighted by molar-refractivity contribution is 0.0163. The SMILES string of the molecule is CCc1cccc(C)c1-n1cc(/C(=N/OC2CCN(C)CC2)c2ccc(F)cc2F)ccc1=O. The molecule has 4 rings (SSSR count). The molecule has 1 aromatic heterocycles. The second-order valence-corrected chi connectivity index (χ2v) is 8.73. The van der Waals surface area contributed by atoms with Crippen molar-refractivity contribution in [3.8, 4) is 5.69 Å². The minimum Gasteiger partial charge on any atom is -0.392 e. The molecule has 1 aliphatic heterocycles. The summed E-state index contributed by atoms with van der Waals surface area (Å²) in [6, 6.07) is 12.3. The Morgan fingerprint density at radius 2 is 1.88 bits per heavy atom. The van der Waals surface area contributed by atoms with Crippen LogP contribution in [0.2, 0.25) is 0 Å². The number of aromatic nitrogens is 1. The zero-order valence-electron chi connectivity index (χ0n) is 19.7. The third kappa shape index (κ3) is 5.09. The van der Waals surface area contributed by atoms with E-state index < -0.39 is 11.6 Å². The second-order valence-electron chi connectivity index (χ2n) is 8.73. The lowest BCUT2D eigenvalue weighted by atomic mass is 10.0. The van der Waals surface area contributed by atoms with E-state index in [0.717, 1.165) is 55.2 Å². The number of benzene rings is 2. The van der Waals surface area contributed by atoms with Crippen LogP contribution in [-0.4, -0.2) is 41.4 Å². The highest BCUT2D eigenvalue weighted by Crippen LogP contribution is 2.22. The van der Waals surface area contributed by atoms with E-state index in [0.29, 0.717) is 5.56 Å². The average Bonchev–Trinajstić information content (AvgIpc) is 2.82. The Morgan fingerprint density at radius 3 is 2.59 bits per heavy atom. The van der Waals surface area contributed by atoms with Gasteiger partial charge in [-0.15, -0.1) is 0 Å². The molecule has 5 nitrogen and oxygen atoms in total. The third-order valence-corrected chi connectivity index (χ3v) is 6.27. The monoisotopic (exact) mass is 465 g/mol. The first-order chi connectivity index (χ1) is 16.4. The molecule has 3 aromatic rings. The molecule has 0 atom stereocenters. The van der Waals surface area contributed by atoms with E-state index in [1.807, 2.05) is 32.0 Å². The molecule has 1 saturated heterocycles. The maximum absolute atomic E-state index is 14.8. The van der Waals surface area contributed by atoms with Gasteiger partial charge >= 0.3 is 0 Å². The second kappa shape index (κ2) is 10.3. The highest BCUT2D eigenvalue weighted by Gasteiger charge is 2.21. The van der Waals surface area contributed by atoms with Crippen LogP contribution in [0.15, 0.2) is 64.7 Å². The molecule has 0 amide bonds. The van der Waals surface area contributed by atoms with E-state index in [9.17, 15) is 13.6 Å². The van der Waals surface area contributed by atoms with Gasteiger partial charge in [0, 0.05) is 42.5 Å². The van der Waals surface area contributed by atoms with Gasteiger partial charge in [0.25, 0.3) is 5.56 Å². The first-order valence-electron chi connectivity index (χ1n) is 11.6. The molecule has 0 N–H and O–H groups in total. The molecule has 0 radical (unpaired) electrons. The summed E-state index contributed by atoms with van der Waals surface area (Å²) in [5, 5.41) is 4.35. The minimum atomic E-state index is -0.742. The van der Waals surface area contributed by atoms with Gasteiger partial charge < -0.3 is 9.74 Å². The normalized spacial score (nSPS) is 15.5. The number of halogens is 2. The minimum absolute atomic E-state index is 0.0938. The van der Waals surface area contributed by atoms with Crippen molar-refractivity contribution in [3.63, 3.8) is 0 Å². The Hall–Kier alpha value is -3.32. The maximum atomic E-state index is 14.8. The number of likely N-dealkylation sites (tertiary alicyclic amines) is 1. The third-order valence-electron chi connectivity index (χ3n) is 6.27. The van der Waals surface area contributed by atoms with Crippen LogP contribution in [0, 0.1) is 18.6 Å². The molecule has 0 aliphatic carbocycles. The Labute approximate surface area is 198 Å². The number of rotatable bonds is 6. The lowest BCUT2D eigenvalue weighted by Gasteiger charge is -2.27. The van der Waals surface area contributed by atoms with Crippen LogP contribution < -0.4 is 5.56 Å². The summed E-state index contributed by atoms with van der Waals surface area (Å²) in [7, 11) is 2.05. The van der Waals surface area contributed by atoms with E-state index >= 15 is 0 Å². The molecule has 2 heterocycles. The van der Waals surface area contributed by atoms with E-state index in [1.54, 1.807) is 16.8 Å². The number of oxime groups is 1. The Balaban J connectivity index is 1.81. The van der Waals surface area contributed by atoms with E-state index in [2.05, 4.69) is 17.1 Å². The van der Waals surface area contributed by atoms with Crippen molar-refractivity contribution < 1.29 is 13.6 Å². The van der Waals surface area contributed by atoms with Gasteiger partial charge in [-0.25, -0.2) is 8.78 Å². The van der Waals surface area contributed by atoms with Gasteiger partial charge in [-0.1, -0.05) is 30.3 Å². The summed E-state index contributed by atoms with van der Waals surface area (Å²) in [5.41, 5.74) is 3.40. The standard InChI is InChI=1S/C27H29F2N3O2/c1-4-19-7-5-6-18(2)27(19)32-17-20(8-11-25(32)33)26(23-10-9-21(28)16-24(23)29)30-34-22-12-14-31(3)15-13-22/h5-11,16-17,22H,4,12-15H2,1-3H3/b30-26-. The number of hydrogen-bond acceptors (Lipinski definition) is 4. The number of para-hydroxylation sites is 1. The predicted octanol–water partition coefficient (Wildman–Crippen LogP) is 4.85. The average molecular weight is 466 g/mol. The van der Waals surface area contributed by atoms with Crippen LogP contribution in [0.5, 0.6) is 0 Å². The molecule has 2 aromatic carbocycles. The van der Waals surface area contributed by atoms with Gasteiger partial charge in [0.1, 0.15) is 23.5 Å². The first kappa shape index (κ1) is 23.8. The van der Waals surface area contributed by atoms with Crippen LogP contribution in [-0.2, 0) is 11.3 Å². The van der Waals surface area contributed by atoms with Crippen molar-refractivity contribution >= 4 is 5.71 Å². The zero-order chi connectivity index (χ0) is 24.2. The van der Waals surface area contributed by atoms with E-state index in [-0.39, 0.29) is 22.9 Å². The number of hydrogen-bond donors (Lipinski definition) is 0. The molecule has 34 heavy (non-hydrogen) atoms. The smallest absolute Gasteiger partial charge is 0.255 e. The number of piperidine rings is 1. The van der Waals surface area contributed by atoms with Crippen LogP contribution in [0.25, 0.3) is 5.69 Å². The number of aryl methyl sites for hydroxylation is 2. The highest BCUT2D eigenvalue weighted by molar-refractivity contribution is 6.12. The maximum Gasteiger partial charge on any atom is 0.255 e. The van der Waals surface area contributed by atoms with Crippen molar-refractivity contribution in [1.29, 1.82) is 0 Å². The van der Waals surface area contributed by atoms with Crippen LogP contribution in [0.4, 0.5) is 8.78 Å². The molecule has 0 bridgehead atoms. The first-order valence-corrected chi connectivity index (χ1v) is 11.6. The summed E-state index contributed by atoms with van der Waals surface area (Å²) in [4.78, 5) is 20.9. The largest absolute Gasteiger partial charge is 0.392 e. The molecule has 0 saturated carbocycles. The molecule has 178 valence electrons. The van der Waals surface area contributed by atoms with Gasteiger partial charge in [0.15, 0.2) is 0 Å². The van der Waals surface area contributed by atoms with E-state index in [4.69, 9.17) is 4.84 Å². The molecule has 0 spiro atoms. The number of pyridine rings is 1. The molecular formula is C27H29F2N3O2. The van der Waals surface area contributed by atoms with Gasteiger partial charge in [0.05, 0.1) is 5.69 Å². The fraction of sp³-hybridized carbons (Fsp3) is 0.333. The predicted molar refractivity (Wildman–Crippen MR) is 130 cm³/mol. The van der Waals surface area contributed by atoms with Crippen molar-refractivity contribution in [2.45, 2.75) is 39.2 Å². The summed E-state index contributed by atoms with van der Waals surface area (Å²) < 4.78 is 30.0. The van der Waals surface area contributed by atoms with Crippen LogP contribution in [0.1, 0.15) is 42.0 Å². The van der Waals surface area contributed by atoms with Gasteiger partial charge in [0.2, 0.25) is 0 Å². The van der Waals surface area contributed by atoms with Gasteiger partial charge in [-0.05, 0) is 62.6 Å². The quantitative estimate of drug-likeness (QED) is 0.386. The highest BCUT2D eigenvalue weighted by atomic mass is 19.1. The molecular weight excluding hydrogens is 436 g/mol. The van der Waals surface area contributed by atoms with E-state index in [1.165, 1.54) is 18.2 Å². The molecule has 1 aliphatic rings. The molecule has 1 fully saturated rings. The molecule has 0 unspecified atom stereocenters. The van der Waals surface area contributed by atoms with Crippen LogP contribution >= 0.6 is 0 Å². The van der Waals surface area contributed by atoms with Crippen LogP contribution in [0.3, 0.4) is 0 Å². The summed E-state index contributed by atoms with van der Waals surface area (Å²) in [6.45, 7) is 5.76. The fourth-order valence-corrected chi connectivity index (χ4v) is 4.31. The topological polar surface area (TPSA) is 46.8 Å². The zero-order valence-corrected chi connectivity index (χ0v) is 19.7. The van der Waals surface area contributed by atoms with Crippen molar-refractivity contribution in [1.82, 2.24) is 9.47 Å². The summed E-state index contributed by atoms with van der Waals surface area (Å²) in [6.07, 6.45) is 3.93. The Morgan fingerprint density at radius 1 is 1.12 bits per heavy atom. The lowest BCUT2D eigenvalue weighted by Crippen LogP contribution is -2.33. The Kier molecular flexibility index (Phi) is 7.22. The Bertz CT molecular complexity index is 1260. The summed E-state index contributed by atoms with van der Waals surface area (Å²) in [5.74, 6) is -1.41. The molecule has 7 heteroatoms. The summed E-state index contributed by atoms with van der Waals surface area (Å²) >= 11 is 0. The van der Waals surface area contributed by atoms with Gasteiger partial charge in [-0.3, -0.25) is 9.36 Å². The van der Waals surface area contributed by atoms with Crippen molar-refractivity contribution in [2.75, 3.05) is 20.1 Å². The fourth-order valence-electron chi connectivity index (χ4n) is 4.31. The number of nitrogens with zero attached hydrogens (tertiary/aromatic N) is 3. The van der Waals surface area contributed by atoms with Gasteiger partial charge in [-0.2, -0.15) is 0 Å². The van der Waals surface area contributed by atoms with Crippen molar-refractivity contribution in [2.24, 2.45) is 5.16 Å².